The summed E-state index contributed by atoms with van der Waals surface area (Å²) in [6.07, 6.45) is 2.20. The van der Waals surface area contributed by atoms with Gasteiger partial charge in [0.25, 0.3) is 0 Å². The summed E-state index contributed by atoms with van der Waals surface area (Å²) < 4.78 is 41.2. The van der Waals surface area contributed by atoms with Crippen LogP contribution < -0.4 is 5.32 Å². The maximum Gasteiger partial charge on any atom is 0.133 e. The molecular formula is C16H14F3N. The summed E-state index contributed by atoms with van der Waals surface area (Å²) in [6.45, 7) is 0.375. The summed E-state index contributed by atoms with van der Waals surface area (Å²) in [7, 11) is 0. The molecule has 20 heavy (non-hydrogen) atoms. The molecule has 2 aromatic carbocycles. The van der Waals surface area contributed by atoms with E-state index in [1.165, 1.54) is 36.4 Å². The molecule has 3 rings (SSSR count). The van der Waals surface area contributed by atoms with Crippen LogP contribution in [0.2, 0.25) is 0 Å². The third-order valence-corrected chi connectivity index (χ3v) is 3.46. The molecule has 1 nitrogen and oxygen atoms in total. The molecular weight excluding hydrogens is 263 g/mol. The maximum absolute atomic E-state index is 13.7. The van der Waals surface area contributed by atoms with Crippen LogP contribution in [-0.2, 0) is 6.54 Å². The second-order valence-electron chi connectivity index (χ2n) is 5.06. The Morgan fingerprint density at radius 2 is 1.65 bits per heavy atom. The van der Waals surface area contributed by atoms with Crippen molar-refractivity contribution >= 4 is 0 Å². The van der Waals surface area contributed by atoms with Crippen molar-refractivity contribution in [1.82, 2.24) is 5.32 Å². The van der Waals surface area contributed by atoms with Crippen LogP contribution in [0.5, 0.6) is 0 Å². The van der Waals surface area contributed by atoms with Crippen LogP contribution in [0.25, 0.3) is 11.1 Å². The van der Waals surface area contributed by atoms with E-state index in [4.69, 9.17) is 0 Å². The molecule has 1 N–H and O–H groups in total. The summed E-state index contributed by atoms with van der Waals surface area (Å²) in [5.41, 5.74) is 0.673. The first-order valence-electron chi connectivity index (χ1n) is 6.61. The van der Waals surface area contributed by atoms with E-state index in [1.54, 1.807) is 0 Å². The quantitative estimate of drug-likeness (QED) is 0.890. The van der Waals surface area contributed by atoms with Gasteiger partial charge in [-0.05, 0) is 42.7 Å². The van der Waals surface area contributed by atoms with Crippen LogP contribution in [0.3, 0.4) is 0 Å². The van der Waals surface area contributed by atoms with Gasteiger partial charge < -0.3 is 5.32 Å². The summed E-state index contributed by atoms with van der Waals surface area (Å²) in [4.78, 5) is 0. The van der Waals surface area contributed by atoms with Crippen molar-refractivity contribution in [1.29, 1.82) is 0 Å². The van der Waals surface area contributed by atoms with Gasteiger partial charge in [0.15, 0.2) is 0 Å². The first-order valence-corrected chi connectivity index (χ1v) is 6.61. The number of hydrogen-bond donors (Lipinski definition) is 1. The highest BCUT2D eigenvalue weighted by Gasteiger charge is 2.21. The highest BCUT2D eigenvalue weighted by Crippen LogP contribution is 2.28. The van der Waals surface area contributed by atoms with Gasteiger partial charge in [-0.3, -0.25) is 0 Å². The molecule has 1 fully saturated rings. The van der Waals surface area contributed by atoms with Gasteiger partial charge in [0.05, 0.1) is 5.56 Å². The van der Waals surface area contributed by atoms with E-state index in [-0.39, 0.29) is 11.4 Å². The van der Waals surface area contributed by atoms with Crippen LogP contribution in [0.1, 0.15) is 18.4 Å². The molecule has 0 heterocycles. The van der Waals surface area contributed by atoms with E-state index in [2.05, 4.69) is 5.32 Å². The normalized spacial score (nSPS) is 14.6. The molecule has 0 atom stereocenters. The number of nitrogens with one attached hydrogen (secondary N) is 1. The van der Waals surface area contributed by atoms with Crippen molar-refractivity contribution in [3.63, 3.8) is 0 Å². The van der Waals surface area contributed by atoms with E-state index in [0.29, 0.717) is 23.7 Å². The molecule has 4 heteroatoms. The molecule has 0 saturated heterocycles. The zero-order chi connectivity index (χ0) is 14.1. The van der Waals surface area contributed by atoms with Crippen LogP contribution in [0.4, 0.5) is 13.2 Å². The number of hydrogen-bond acceptors (Lipinski definition) is 1. The second-order valence-corrected chi connectivity index (χ2v) is 5.06. The van der Waals surface area contributed by atoms with Crippen LogP contribution in [0.15, 0.2) is 36.4 Å². The molecule has 0 bridgehead atoms. The van der Waals surface area contributed by atoms with E-state index in [0.717, 1.165) is 12.8 Å². The fourth-order valence-electron chi connectivity index (χ4n) is 2.18. The van der Waals surface area contributed by atoms with Gasteiger partial charge in [-0.1, -0.05) is 12.1 Å². The van der Waals surface area contributed by atoms with Gasteiger partial charge in [0.1, 0.15) is 17.5 Å². The van der Waals surface area contributed by atoms with E-state index in [1.807, 2.05) is 0 Å². The van der Waals surface area contributed by atoms with Crippen molar-refractivity contribution in [2.75, 3.05) is 0 Å². The van der Waals surface area contributed by atoms with Crippen molar-refractivity contribution in [3.05, 3.63) is 59.4 Å². The molecule has 104 valence electrons. The third-order valence-electron chi connectivity index (χ3n) is 3.46. The summed E-state index contributed by atoms with van der Waals surface area (Å²) in [5.74, 6) is -1.64. The first-order chi connectivity index (χ1) is 9.65. The summed E-state index contributed by atoms with van der Waals surface area (Å²) in [5, 5.41) is 3.19. The number of rotatable bonds is 4. The standard InChI is InChI=1S/C16H14F3N/c17-13-7-4-10(8-11(13)9-20-12-5-6-12)16-14(18)2-1-3-15(16)19/h1-4,7-8,12,20H,5-6,9H2. The molecule has 0 aromatic heterocycles. The Labute approximate surface area is 115 Å². The van der Waals surface area contributed by atoms with Crippen LogP contribution in [-0.4, -0.2) is 6.04 Å². The Hall–Kier alpha value is -1.81. The zero-order valence-electron chi connectivity index (χ0n) is 10.8. The minimum absolute atomic E-state index is 0.111. The topological polar surface area (TPSA) is 12.0 Å². The monoisotopic (exact) mass is 277 g/mol. The van der Waals surface area contributed by atoms with Crippen LogP contribution in [0, 0.1) is 17.5 Å². The molecule has 0 aliphatic heterocycles. The van der Waals surface area contributed by atoms with Gasteiger partial charge in [0.2, 0.25) is 0 Å². The maximum atomic E-state index is 13.7. The van der Waals surface area contributed by atoms with Gasteiger partial charge in [-0.15, -0.1) is 0 Å². The van der Waals surface area contributed by atoms with Crippen molar-refractivity contribution in [2.24, 2.45) is 0 Å². The van der Waals surface area contributed by atoms with Gasteiger partial charge in [-0.25, -0.2) is 13.2 Å². The predicted octanol–water partition coefficient (Wildman–Crippen LogP) is 4.02. The average molecular weight is 277 g/mol. The molecule has 0 amide bonds. The second kappa shape index (κ2) is 5.29. The Bertz CT molecular complexity index is 615. The molecule has 0 radical (unpaired) electrons. The molecule has 0 spiro atoms. The Morgan fingerprint density at radius 3 is 2.30 bits per heavy atom. The van der Waals surface area contributed by atoms with Crippen LogP contribution >= 0.6 is 0 Å². The van der Waals surface area contributed by atoms with Crippen molar-refractivity contribution in [3.8, 4) is 11.1 Å². The van der Waals surface area contributed by atoms with Gasteiger partial charge in [0, 0.05) is 18.2 Å². The highest BCUT2D eigenvalue weighted by molar-refractivity contribution is 5.65. The fourth-order valence-corrected chi connectivity index (χ4v) is 2.18. The lowest BCUT2D eigenvalue weighted by Crippen LogP contribution is -2.16. The fraction of sp³-hybridized carbons (Fsp3) is 0.250. The molecule has 1 aliphatic rings. The Balaban J connectivity index is 1.94. The summed E-state index contributed by atoms with van der Waals surface area (Å²) >= 11 is 0. The smallest absolute Gasteiger partial charge is 0.133 e. The third kappa shape index (κ3) is 2.70. The minimum Gasteiger partial charge on any atom is -0.310 e. The van der Waals surface area contributed by atoms with E-state index in [9.17, 15) is 13.2 Å². The minimum atomic E-state index is -0.641. The Kier molecular flexibility index (Phi) is 3.49. The van der Waals surface area contributed by atoms with Gasteiger partial charge >= 0.3 is 0 Å². The van der Waals surface area contributed by atoms with E-state index >= 15 is 0 Å². The van der Waals surface area contributed by atoms with E-state index < -0.39 is 11.6 Å². The number of benzene rings is 2. The highest BCUT2D eigenvalue weighted by atomic mass is 19.1. The largest absolute Gasteiger partial charge is 0.310 e. The van der Waals surface area contributed by atoms with Crippen molar-refractivity contribution in [2.45, 2.75) is 25.4 Å². The van der Waals surface area contributed by atoms with Gasteiger partial charge in [-0.2, -0.15) is 0 Å². The first kappa shape index (κ1) is 13.2. The average Bonchev–Trinajstić information content (AvgIpc) is 3.23. The summed E-state index contributed by atoms with van der Waals surface area (Å²) in [6, 6.07) is 8.32. The number of halogens is 3. The zero-order valence-corrected chi connectivity index (χ0v) is 10.8. The molecule has 0 unspecified atom stereocenters. The molecule has 1 saturated carbocycles. The molecule has 1 aliphatic carbocycles. The van der Waals surface area contributed by atoms with Crippen molar-refractivity contribution < 1.29 is 13.2 Å². The lowest BCUT2D eigenvalue weighted by molar-refractivity contribution is 0.582. The lowest BCUT2D eigenvalue weighted by Gasteiger charge is -2.09. The SMILES string of the molecule is Fc1ccc(-c2c(F)cccc2F)cc1CNC1CC1. The predicted molar refractivity (Wildman–Crippen MR) is 71.6 cm³/mol. The molecule has 2 aromatic rings. The lowest BCUT2D eigenvalue weighted by atomic mass is 10.0. The Morgan fingerprint density at radius 1 is 0.950 bits per heavy atom.